The number of esters is 1. The first-order valence-corrected chi connectivity index (χ1v) is 10.7. The Morgan fingerprint density at radius 3 is 2.38 bits per heavy atom. The number of amides is 2. The van der Waals surface area contributed by atoms with Crippen LogP contribution in [0.3, 0.4) is 0 Å². The standard InChI is InChI=1S/C24H24F2N2O4/c1-3-13-24(23(31)32-4-2)19-18(20(27-24)16-7-5-6-8-17(16)26)21(29)28(22(19)30)15-11-9-14(25)10-12-15/h5-12,18-20,27H,3-4,13H2,1-2H3. The van der Waals surface area contributed by atoms with Gasteiger partial charge in [-0.05, 0) is 43.7 Å². The molecule has 32 heavy (non-hydrogen) atoms. The largest absolute Gasteiger partial charge is 0.465 e. The molecule has 0 saturated carbocycles. The number of imide groups is 1. The fourth-order valence-corrected chi connectivity index (χ4v) is 5.02. The third-order valence-corrected chi connectivity index (χ3v) is 6.26. The fourth-order valence-electron chi connectivity index (χ4n) is 5.02. The van der Waals surface area contributed by atoms with Crippen molar-refractivity contribution in [2.24, 2.45) is 11.8 Å². The van der Waals surface area contributed by atoms with Gasteiger partial charge in [0.25, 0.3) is 0 Å². The number of benzene rings is 2. The third kappa shape index (κ3) is 3.30. The predicted octanol–water partition coefficient (Wildman–Crippen LogP) is 3.52. The van der Waals surface area contributed by atoms with Crippen molar-refractivity contribution < 1.29 is 27.9 Å². The lowest BCUT2D eigenvalue weighted by atomic mass is 9.77. The molecule has 6 nitrogen and oxygen atoms in total. The van der Waals surface area contributed by atoms with Crippen LogP contribution >= 0.6 is 0 Å². The van der Waals surface area contributed by atoms with Crippen LogP contribution in [-0.4, -0.2) is 29.9 Å². The van der Waals surface area contributed by atoms with Crippen LogP contribution in [0.5, 0.6) is 0 Å². The van der Waals surface area contributed by atoms with Crippen molar-refractivity contribution >= 4 is 23.5 Å². The summed E-state index contributed by atoms with van der Waals surface area (Å²) in [6.07, 6.45) is 0.755. The van der Waals surface area contributed by atoms with Gasteiger partial charge in [0, 0.05) is 11.6 Å². The Kier molecular flexibility index (Phi) is 5.81. The lowest BCUT2D eigenvalue weighted by Gasteiger charge is -2.32. The van der Waals surface area contributed by atoms with Crippen LogP contribution in [0.15, 0.2) is 48.5 Å². The summed E-state index contributed by atoms with van der Waals surface area (Å²) >= 11 is 0. The van der Waals surface area contributed by atoms with Gasteiger partial charge >= 0.3 is 5.97 Å². The lowest BCUT2D eigenvalue weighted by molar-refractivity contribution is -0.155. The molecule has 4 rings (SSSR count). The molecular weight excluding hydrogens is 418 g/mol. The molecule has 4 unspecified atom stereocenters. The van der Waals surface area contributed by atoms with Gasteiger partial charge in [0.15, 0.2) is 0 Å². The Bertz CT molecular complexity index is 1060. The maximum Gasteiger partial charge on any atom is 0.327 e. The first-order valence-electron chi connectivity index (χ1n) is 10.7. The summed E-state index contributed by atoms with van der Waals surface area (Å²) in [5.41, 5.74) is -1.08. The molecule has 2 aliphatic rings. The molecule has 2 aromatic carbocycles. The van der Waals surface area contributed by atoms with Gasteiger partial charge in [-0.15, -0.1) is 0 Å². The Morgan fingerprint density at radius 1 is 1.06 bits per heavy atom. The van der Waals surface area contributed by atoms with Crippen LogP contribution in [0.4, 0.5) is 14.5 Å². The second kappa shape index (κ2) is 8.43. The van der Waals surface area contributed by atoms with Crippen LogP contribution in [0.25, 0.3) is 0 Å². The van der Waals surface area contributed by atoms with Crippen LogP contribution in [0.1, 0.15) is 38.3 Å². The summed E-state index contributed by atoms with van der Waals surface area (Å²) in [5.74, 6) is -4.93. The van der Waals surface area contributed by atoms with E-state index in [0.717, 1.165) is 17.0 Å². The van der Waals surface area contributed by atoms with Gasteiger partial charge in [0.05, 0.1) is 24.1 Å². The molecular formula is C24H24F2N2O4. The number of anilines is 1. The van der Waals surface area contributed by atoms with Crippen molar-refractivity contribution in [1.82, 2.24) is 5.32 Å². The number of halogens is 2. The SMILES string of the molecule is CCCC1(C(=O)OCC)NC(c2ccccc2F)C2C(=O)N(c3ccc(F)cc3)C(=O)C21. The number of hydrogen-bond donors (Lipinski definition) is 1. The van der Waals surface area contributed by atoms with E-state index >= 15 is 0 Å². The van der Waals surface area contributed by atoms with Crippen molar-refractivity contribution in [3.63, 3.8) is 0 Å². The van der Waals surface area contributed by atoms with Crippen LogP contribution in [0, 0.1) is 23.5 Å². The van der Waals surface area contributed by atoms with Gasteiger partial charge in [0.2, 0.25) is 11.8 Å². The van der Waals surface area contributed by atoms with Crippen LogP contribution in [0.2, 0.25) is 0 Å². The van der Waals surface area contributed by atoms with E-state index in [9.17, 15) is 23.2 Å². The maximum absolute atomic E-state index is 14.8. The van der Waals surface area contributed by atoms with Gasteiger partial charge < -0.3 is 4.74 Å². The second-order valence-corrected chi connectivity index (χ2v) is 8.08. The zero-order valence-corrected chi connectivity index (χ0v) is 17.8. The molecule has 2 aliphatic heterocycles. The zero-order chi connectivity index (χ0) is 23.0. The Labute approximate surface area is 184 Å². The zero-order valence-electron chi connectivity index (χ0n) is 17.8. The summed E-state index contributed by atoms with van der Waals surface area (Å²) < 4.78 is 33.5. The predicted molar refractivity (Wildman–Crippen MR) is 112 cm³/mol. The van der Waals surface area contributed by atoms with Gasteiger partial charge in [-0.2, -0.15) is 0 Å². The molecule has 2 heterocycles. The third-order valence-electron chi connectivity index (χ3n) is 6.26. The molecule has 8 heteroatoms. The van der Waals surface area contributed by atoms with E-state index < -0.39 is 52.8 Å². The van der Waals surface area contributed by atoms with Gasteiger partial charge in [-0.1, -0.05) is 31.5 Å². The lowest BCUT2D eigenvalue weighted by Crippen LogP contribution is -2.56. The van der Waals surface area contributed by atoms with Gasteiger partial charge in [-0.3, -0.25) is 19.7 Å². The number of fused-ring (bicyclic) bond motifs is 1. The number of ether oxygens (including phenoxy) is 1. The number of carbonyl (C=O) groups is 3. The van der Waals surface area contributed by atoms with Crippen molar-refractivity contribution in [3.05, 3.63) is 65.7 Å². The molecule has 0 aromatic heterocycles. The highest BCUT2D eigenvalue weighted by atomic mass is 19.1. The first-order chi connectivity index (χ1) is 15.4. The number of carbonyl (C=O) groups excluding carboxylic acids is 3. The minimum atomic E-state index is -1.48. The maximum atomic E-state index is 14.8. The van der Waals surface area contributed by atoms with Crippen LogP contribution in [-0.2, 0) is 19.1 Å². The second-order valence-electron chi connectivity index (χ2n) is 8.08. The summed E-state index contributed by atoms with van der Waals surface area (Å²) in [7, 11) is 0. The van der Waals surface area contributed by atoms with Gasteiger partial charge in [-0.25, -0.2) is 13.7 Å². The molecule has 2 saturated heterocycles. The normalized spacial score (nSPS) is 27.0. The minimum Gasteiger partial charge on any atom is -0.465 e. The molecule has 4 atom stereocenters. The van der Waals surface area contributed by atoms with Gasteiger partial charge in [0.1, 0.15) is 17.2 Å². The van der Waals surface area contributed by atoms with Crippen molar-refractivity contribution in [1.29, 1.82) is 0 Å². The number of nitrogens with zero attached hydrogens (tertiary/aromatic N) is 1. The first kappa shape index (κ1) is 22.1. The highest BCUT2D eigenvalue weighted by Gasteiger charge is 2.68. The molecule has 2 fully saturated rings. The summed E-state index contributed by atoms with van der Waals surface area (Å²) in [4.78, 5) is 41.3. The highest BCUT2D eigenvalue weighted by molar-refractivity contribution is 6.24. The number of rotatable bonds is 6. The smallest absolute Gasteiger partial charge is 0.327 e. The summed E-state index contributed by atoms with van der Waals surface area (Å²) in [6, 6.07) is 10.1. The highest BCUT2D eigenvalue weighted by Crippen LogP contribution is 2.52. The van der Waals surface area contributed by atoms with Crippen molar-refractivity contribution in [3.8, 4) is 0 Å². The molecule has 0 bridgehead atoms. The molecule has 0 radical (unpaired) electrons. The Morgan fingerprint density at radius 2 is 1.75 bits per heavy atom. The van der Waals surface area contributed by atoms with E-state index in [0.29, 0.717) is 6.42 Å². The fraction of sp³-hybridized carbons (Fsp3) is 0.375. The average molecular weight is 442 g/mol. The quantitative estimate of drug-likeness (QED) is 0.547. The minimum absolute atomic E-state index is 0.0948. The van der Waals surface area contributed by atoms with E-state index in [1.165, 1.54) is 30.3 Å². The van der Waals surface area contributed by atoms with E-state index in [1.54, 1.807) is 13.0 Å². The number of hydrogen-bond acceptors (Lipinski definition) is 5. The van der Waals surface area contributed by atoms with E-state index in [4.69, 9.17) is 4.74 Å². The van der Waals surface area contributed by atoms with Crippen LogP contribution < -0.4 is 10.2 Å². The average Bonchev–Trinajstić information content (AvgIpc) is 3.24. The monoisotopic (exact) mass is 442 g/mol. The van der Waals surface area contributed by atoms with E-state index in [2.05, 4.69) is 5.32 Å². The molecule has 168 valence electrons. The summed E-state index contributed by atoms with van der Waals surface area (Å²) in [5, 5.41) is 3.15. The Balaban J connectivity index is 1.87. The number of nitrogens with one attached hydrogen (secondary N) is 1. The van der Waals surface area contributed by atoms with E-state index in [-0.39, 0.29) is 24.3 Å². The topological polar surface area (TPSA) is 75.7 Å². The molecule has 2 amide bonds. The molecule has 2 aromatic rings. The summed E-state index contributed by atoms with van der Waals surface area (Å²) in [6.45, 7) is 3.61. The molecule has 0 aliphatic carbocycles. The van der Waals surface area contributed by atoms with Crippen molar-refractivity contribution in [2.75, 3.05) is 11.5 Å². The van der Waals surface area contributed by atoms with Crippen molar-refractivity contribution in [2.45, 2.75) is 38.3 Å². The molecule has 0 spiro atoms. The molecule has 1 N–H and O–H groups in total. The Hall–Kier alpha value is -3.13. The van der Waals surface area contributed by atoms with E-state index in [1.807, 2.05) is 6.92 Å².